The van der Waals surface area contributed by atoms with Gasteiger partial charge in [-0.25, -0.2) is 0 Å². The van der Waals surface area contributed by atoms with Gasteiger partial charge >= 0.3 is 103 Å². The molecule has 0 rings (SSSR count). The molecule has 0 unspecified atom stereocenters. The van der Waals surface area contributed by atoms with Gasteiger partial charge in [0.05, 0.1) is 0 Å². The Morgan fingerprint density at radius 3 is 1.17 bits per heavy atom. The van der Waals surface area contributed by atoms with Crippen molar-refractivity contribution in [3.8, 4) is 0 Å². The van der Waals surface area contributed by atoms with Crippen LogP contribution in [0.15, 0.2) is 0 Å². The molecule has 112 valence electrons. The molecule has 0 aromatic carbocycles. The second kappa shape index (κ2) is 14.1. The Balaban J connectivity index is 0. The van der Waals surface area contributed by atoms with E-state index < -0.39 is 30.2 Å². The summed E-state index contributed by atoms with van der Waals surface area (Å²) in [5, 5.41) is 0. The summed E-state index contributed by atoms with van der Waals surface area (Å²) in [7, 11) is -4.67. The van der Waals surface area contributed by atoms with Crippen LogP contribution >= 0.6 is 0 Å². The van der Waals surface area contributed by atoms with Crippen LogP contribution < -0.4 is 0 Å². The van der Waals surface area contributed by atoms with E-state index in [-0.39, 0.29) is 0 Å². The predicted octanol–water partition coefficient (Wildman–Crippen LogP) is 3.96. The van der Waals surface area contributed by atoms with Gasteiger partial charge in [0, 0.05) is 0 Å². The fraction of sp³-hybridized carbons (Fsp3) is 1.00. The molecule has 0 spiro atoms. The fourth-order valence-electron chi connectivity index (χ4n) is 1.91. The number of hydrogen-bond acceptors (Lipinski definition) is 2. The van der Waals surface area contributed by atoms with Crippen molar-refractivity contribution < 1.29 is 17.5 Å². The first-order valence-electron chi connectivity index (χ1n) is 7.04. The Kier molecular flexibility index (Phi) is 16.4. The zero-order chi connectivity index (χ0) is 14.4. The molecule has 0 fully saturated rings. The molecule has 0 aliphatic heterocycles. The van der Waals surface area contributed by atoms with E-state index >= 15 is 0 Å². The van der Waals surface area contributed by atoms with Crippen LogP contribution in [0.3, 0.4) is 0 Å². The Hall–Kier alpha value is 0.669. The van der Waals surface area contributed by atoms with Gasteiger partial charge in [0.15, 0.2) is 0 Å². The first kappa shape index (κ1) is 21.0. The fourth-order valence-corrected chi connectivity index (χ4v) is 12.8. The minimum Gasteiger partial charge on any atom is -0.264 e. The second-order valence-electron chi connectivity index (χ2n) is 4.74. The van der Waals surface area contributed by atoms with Crippen molar-refractivity contribution in [2.45, 2.75) is 72.6 Å². The first-order chi connectivity index (χ1) is 8.35. The van der Waals surface area contributed by atoms with Crippen LogP contribution in [0.4, 0.5) is 0 Å². The van der Waals surface area contributed by atoms with Gasteiger partial charge in [-0.1, -0.05) is 0 Å². The standard InChI is InChI=1S/3C4H9.H2O4S.Sn.H/c3*1-3-4-2;1-5(2,3)4;;/h3*1,3-4H2,2H3;(H2,1,2,3,4);;. The van der Waals surface area contributed by atoms with Crippen molar-refractivity contribution in [3.05, 3.63) is 0 Å². The molecular formula is C12H30O4SSn. The van der Waals surface area contributed by atoms with Crippen molar-refractivity contribution in [1.29, 1.82) is 0 Å². The number of unbranched alkanes of at least 4 members (excludes halogenated alkanes) is 3. The molecule has 0 atom stereocenters. The van der Waals surface area contributed by atoms with Gasteiger partial charge in [0.25, 0.3) is 0 Å². The maximum absolute atomic E-state index is 8.74. The molecule has 2 N–H and O–H groups in total. The summed E-state index contributed by atoms with van der Waals surface area (Å²) < 4.78 is 36.7. The van der Waals surface area contributed by atoms with Gasteiger partial charge in [-0.15, -0.1) is 0 Å². The number of hydrogen-bond donors (Lipinski definition) is 2. The molecule has 0 saturated heterocycles. The zero-order valence-corrected chi connectivity index (χ0v) is 16.2. The average Bonchev–Trinajstić information content (AvgIpc) is 2.26. The predicted molar refractivity (Wildman–Crippen MR) is 80.5 cm³/mol. The van der Waals surface area contributed by atoms with Crippen molar-refractivity contribution >= 4 is 30.2 Å². The summed E-state index contributed by atoms with van der Waals surface area (Å²) in [5.74, 6) is 0. The Morgan fingerprint density at radius 2 is 1.00 bits per heavy atom. The molecule has 0 aliphatic rings. The molecular weight excluding hydrogens is 359 g/mol. The van der Waals surface area contributed by atoms with Gasteiger partial charge in [0.2, 0.25) is 0 Å². The average molecular weight is 389 g/mol. The Morgan fingerprint density at radius 1 is 0.778 bits per heavy atom. The third-order valence-corrected chi connectivity index (χ3v) is 13.4. The van der Waals surface area contributed by atoms with Crippen molar-refractivity contribution in [1.82, 2.24) is 0 Å². The Bertz CT molecular complexity index is 228. The second-order valence-corrected chi connectivity index (χ2v) is 15.5. The maximum atomic E-state index is 8.74. The molecule has 0 aromatic rings. The molecule has 0 heterocycles. The van der Waals surface area contributed by atoms with E-state index in [9.17, 15) is 0 Å². The minimum absolute atomic E-state index is 0.967. The van der Waals surface area contributed by atoms with E-state index in [4.69, 9.17) is 17.5 Å². The topological polar surface area (TPSA) is 74.6 Å². The van der Waals surface area contributed by atoms with E-state index in [1.165, 1.54) is 38.5 Å². The van der Waals surface area contributed by atoms with Crippen molar-refractivity contribution in [3.63, 3.8) is 0 Å². The van der Waals surface area contributed by atoms with Crippen LogP contribution in [0.2, 0.25) is 13.3 Å². The van der Waals surface area contributed by atoms with Gasteiger partial charge < -0.3 is 0 Å². The first-order valence-corrected chi connectivity index (χ1v) is 15.4. The summed E-state index contributed by atoms with van der Waals surface area (Å²) in [6, 6.07) is 0. The summed E-state index contributed by atoms with van der Waals surface area (Å²) >= 11 is -0.967. The SMILES string of the molecule is CCC[CH2][SnH]([CH2]CCC)[CH2]CCC.O=S(=O)(O)O. The minimum atomic E-state index is -4.67. The van der Waals surface area contributed by atoms with Crippen LogP contribution in [0.5, 0.6) is 0 Å². The van der Waals surface area contributed by atoms with E-state index in [0.717, 1.165) is 0 Å². The molecule has 0 aliphatic carbocycles. The van der Waals surface area contributed by atoms with Crippen LogP contribution in [0.1, 0.15) is 59.3 Å². The maximum Gasteiger partial charge on any atom is 0.394 e. The Labute approximate surface area is 120 Å². The summed E-state index contributed by atoms with van der Waals surface area (Å²) in [6.07, 6.45) is 8.87. The van der Waals surface area contributed by atoms with Crippen LogP contribution in [-0.2, 0) is 10.4 Å². The molecule has 4 nitrogen and oxygen atoms in total. The molecule has 0 amide bonds. The molecule has 0 saturated carbocycles. The molecule has 0 radical (unpaired) electrons. The largest absolute Gasteiger partial charge is 0.394 e. The van der Waals surface area contributed by atoms with Crippen LogP contribution in [0, 0.1) is 0 Å². The smallest absolute Gasteiger partial charge is 0.264 e. The van der Waals surface area contributed by atoms with Crippen molar-refractivity contribution in [2.75, 3.05) is 0 Å². The normalized spacial score (nSPS) is 11.2. The van der Waals surface area contributed by atoms with Crippen LogP contribution in [0.25, 0.3) is 0 Å². The molecule has 6 heteroatoms. The van der Waals surface area contributed by atoms with Gasteiger partial charge in [0.1, 0.15) is 0 Å². The summed E-state index contributed by atoms with van der Waals surface area (Å²) in [6.45, 7) is 7.01. The van der Waals surface area contributed by atoms with Crippen molar-refractivity contribution in [2.24, 2.45) is 0 Å². The quantitative estimate of drug-likeness (QED) is 0.463. The molecule has 18 heavy (non-hydrogen) atoms. The van der Waals surface area contributed by atoms with E-state index in [2.05, 4.69) is 20.8 Å². The number of rotatable bonds is 9. The van der Waals surface area contributed by atoms with Gasteiger partial charge in [-0.05, 0) is 0 Å². The third kappa shape index (κ3) is 25.5. The summed E-state index contributed by atoms with van der Waals surface area (Å²) in [5.41, 5.74) is 0. The van der Waals surface area contributed by atoms with E-state index in [0.29, 0.717) is 0 Å². The molecule has 0 bridgehead atoms. The monoisotopic (exact) mass is 390 g/mol. The third-order valence-electron chi connectivity index (χ3n) is 2.90. The van der Waals surface area contributed by atoms with E-state index in [1.54, 1.807) is 13.3 Å². The summed E-state index contributed by atoms with van der Waals surface area (Å²) in [4.78, 5) is 0. The molecule has 0 aromatic heterocycles. The van der Waals surface area contributed by atoms with E-state index in [1.807, 2.05) is 0 Å². The van der Waals surface area contributed by atoms with Gasteiger partial charge in [-0.3, -0.25) is 9.11 Å². The van der Waals surface area contributed by atoms with Gasteiger partial charge in [-0.2, -0.15) is 8.42 Å². The van der Waals surface area contributed by atoms with Crippen LogP contribution in [-0.4, -0.2) is 37.3 Å². The zero-order valence-electron chi connectivity index (χ0n) is 12.1.